The van der Waals surface area contributed by atoms with Crippen LogP contribution in [-0.4, -0.2) is 26.8 Å². The highest BCUT2D eigenvalue weighted by Crippen LogP contribution is 2.31. The molecule has 0 unspecified atom stereocenters. The van der Waals surface area contributed by atoms with Gasteiger partial charge in [0.15, 0.2) is 0 Å². The number of carbonyl (C=O) groups excluding carboxylic acids is 1. The van der Waals surface area contributed by atoms with Crippen LogP contribution in [0.5, 0.6) is 0 Å². The smallest absolute Gasteiger partial charge is 0.273 e. The fourth-order valence-corrected chi connectivity index (χ4v) is 3.61. The molecule has 0 saturated heterocycles. The van der Waals surface area contributed by atoms with Gasteiger partial charge < -0.3 is 4.90 Å². The van der Waals surface area contributed by atoms with E-state index in [-0.39, 0.29) is 5.91 Å². The van der Waals surface area contributed by atoms with Gasteiger partial charge in [0.05, 0.1) is 0 Å². The summed E-state index contributed by atoms with van der Waals surface area (Å²) in [5, 5.41) is 3.36. The third-order valence-corrected chi connectivity index (χ3v) is 5.31. The number of halogens is 1. The van der Waals surface area contributed by atoms with Crippen LogP contribution >= 0.6 is 22.9 Å². The number of rotatable bonds is 5. The van der Waals surface area contributed by atoms with Crippen molar-refractivity contribution in [3.63, 3.8) is 0 Å². The lowest BCUT2D eigenvalue weighted by Crippen LogP contribution is -2.32. The van der Waals surface area contributed by atoms with Crippen LogP contribution in [0.15, 0.2) is 54.2 Å². The van der Waals surface area contributed by atoms with Crippen LogP contribution in [0.4, 0.5) is 0 Å². The van der Waals surface area contributed by atoms with Gasteiger partial charge in [0.25, 0.3) is 5.91 Å². The molecule has 0 atom stereocenters. The number of pyridine rings is 1. The predicted molar refractivity (Wildman–Crippen MR) is 99.7 cm³/mol. The average Bonchev–Trinajstić information content (AvgIpc) is 3.37. The summed E-state index contributed by atoms with van der Waals surface area (Å²) in [7, 11) is 0. The number of nitrogens with zero attached hydrogens (tertiary/aromatic N) is 3. The van der Waals surface area contributed by atoms with Crippen molar-refractivity contribution in [2.45, 2.75) is 25.4 Å². The van der Waals surface area contributed by atoms with Crippen LogP contribution in [0, 0.1) is 0 Å². The second kappa shape index (κ2) is 6.94. The number of hydrogen-bond donors (Lipinski definition) is 0. The molecular weight excluding hydrogens is 354 g/mol. The van der Waals surface area contributed by atoms with Crippen molar-refractivity contribution in [2.24, 2.45) is 0 Å². The topological polar surface area (TPSA) is 46.1 Å². The molecule has 4 nitrogen and oxygen atoms in total. The van der Waals surface area contributed by atoms with Gasteiger partial charge in [-0.05, 0) is 42.7 Å². The molecule has 126 valence electrons. The highest BCUT2D eigenvalue weighted by Gasteiger charge is 2.34. The Bertz CT molecular complexity index is 875. The van der Waals surface area contributed by atoms with Crippen molar-refractivity contribution in [2.75, 3.05) is 0 Å². The maximum atomic E-state index is 13.0. The maximum absolute atomic E-state index is 13.0. The zero-order valence-electron chi connectivity index (χ0n) is 13.4. The second-order valence-electron chi connectivity index (χ2n) is 6.06. The van der Waals surface area contributed by atoms with Crippen LogP contribution in [-0.2, 0) is 6.54 Å². The van der Waals surface area contributed by atoms with Gasteiger partial charge >= 0.3 is 0 Å². The molecule has 25 heavy (non-hydrogen) atoms. The van der Waals surface area contributed by atoms with Crippen molar-refractivity contribution in [1.29, 1.82) is 0 Å². The number of thiazole rings is 1. The summed E-state index contributed by atoms with van der Waals surface area (Å²) in [5.74, 6) is -0.00391. The molecule has 1 fully saturated rings. The van der Waals surface area contributed by atoms with E-state index >= 15 is 0 Å². The van der Waals surface area contributed by atoms with Crippen LogP contribution in [0.2, 0.25) is 5.02 Å². The van der Waals surface area contributed by atoms with Crippen molar-refractivity contribution < 1.29 is 4.79 Å². The van der Waals surface area contributed by atoms with Gasteiger partial charge in [-0.3, -0.25) is 9.78 Å². The van der Waals surface area contributed by atoms with Crippen molar-refractivity contribution in [3.8, 4) is 10.6 Å². The Labute approximate surface area is 155 Å². The number of amides is 1. The molecule has 6 heteroatoms. The Morgan fingerprint density at radius 2 is 1.88 bits per heavy atom. The normalized spacial score (nSPS) is 13.6. The van der Waals surface area contributed by atoms with E-state index in [9.17, 15) is 4.79 Å². The van der Waals surface area contributed by atoms with Crippen LogP contribution in [0.1, 0.15) is 28.9 Å². The number of hydrogen-bond acceptors (Lipinski definition) is 4. The quantitative estimate of drug-likeness (QED) is 0.656. The van der Waals surface area contributed by atoms with E-state index in [1.165, 1.54) is 11.3 Å². The molecule has 1 amide bonds. The molecular formula is C19H16ClN3OS. The molecule has 0 radical (unpaired) electrons. The van der Waals surface area contributed by atoms with Gasteiger partial charge in [-0.25, -0.2) is 4.98 Å². The number of carbonyl (C=O) groups is 1. The molecule has 0 aliphatic heterocycles. The monoisotopic (exact) mass is 369 g/mol. The highest BCUT2D eigenvalue weighted by atomic mass is 35.5. The zero-order valence-corrected chi connectivity index (χ0v) is 15.0. The summed E-state index contributed by atoms with van der Waals surface area (Å²) >= 11 is 7.41. The van der Waals surface area contributed by atoms with Gasteiger partial charge in [0.1, 0.15) is 10.7 Å². The summed E-state index contributed by atoms with van der Waals surface area (Å²) in [6, 6.07) is 11.7. The minimum absolute atomic E-state index is 0.00391. The Kier molecular flexibility index (Phi) is 4.51. The number of aromatic nitrogens is 2. The summed E-state index contributed by atoms with van der Waals surface area (Å²) in [6.07, 6.45) is 5.63. The van der Waals surface area contributed by atoms with E-state index in [2.05, 4.69) is 9.97 Å². The Morgan fingerprint density at radius 1 is 1.16 bits per heavy atom. The van der Waals surface area contributed by atoms with E-state index in [0.29, 0.717) is 23.3 Å². The molecule has 4 rings (SSSR count). The standard InChI is InChI=1S/C19H16ClN3OS/c20-15-3-1-14(2-4-15)18-22-17(12-25-18)19(24)23(16-5-6-16)11-13-7-9-21-10-8-13/h1-4,7-10,12,16H,5-6,11H2. The van der Waals surface area contributed by atoms with E-state index in [4.69, 9.17) is 11.6 Å². The van der Waals surface area contributed by atoms with E-state index in [1.807, 2.05) is 46.7 Å². The van der Waals surface area contributed by atoms with Crippen molar-refractivity contribution in [1.82, 2.24) is 14.9 Å². The summed E-state index contributed by atoms with van der Waals surface area (Å²) in [5.41, 5.74) is 2.57. The zero-order chi connectivity index (χ0) is 17.2. The maximum Gasteiger partial charge on any atom is 0.273 e. The molecule has 0 spiro atoms. The van der Waals surface area contributed by atoms with Crippen LogP contribution < -0.4 is 0 Å². The minimum atomic E-state index is -0.00391. The highest BCUT2D eigenvalue weighted by molar-refractivity contribution is 7.13. The molecule has 2 aromatic heterocycles. The molecule has 3 aromatic rings. The summed E-state index contributed by atoms with van der Waals surface area (Å²) < 4.78 is 0. The first kappa shape index (κ1) is 16.2. The third-order valence-electron chi connectivity index (χ3n) is 4.17. The van der Waals surface area contributed by atoms with Gasteiger partial charge in [-0.2, -0.15) is 0 Å². The predicted octanol–water partition coefficient (Wildman–Crippen LogP) is 4.66. The van der Waals surface area contributed by atoms with Gasteiger partial charge in [-0.1, -0.05) is 23.7 Å². The lowest BCUT2D eigenvalue weighted by atomic mass is 10.2. The number of benzene rings is 1. The van der Waals surface area contributed by atoms with Gasteiger partial charge in [0.2, 0.25) is 0 Å². The molecule has 1 aromatic carbocycles. The molecule has 1 saturated carbocycles. The first-order chi connectivity index (χ1) is 12.2. The SMILES string of the molecule is O=C(c1csc(-c2ccc(Cl)cc2)n1)N(Cc1ccncc1)C1CC1. The molecule has 1 aliphatic rings. The fraction of sp³-hybridized carbons (Fsp3) is 0.211. The average molecular weight is 370 g/mol. The first-order valence-electron chi connectivity index (χ1n) is 8.12. The lowest BCUT2D eigenvalue weighted by molar-refractivity contribution is 0.0725. The molecule has 2 heterocycles. The van der Waals surface area contributed by atoms with Crippen molar-refractivity contribution in [3.05, 3.63) is 70.5 Å². The van der Waals surface area contributed by atoms with E-state index in [1.54, 1.807) is 12.4 Å². The first-order valence-corrected chi connectivity index (χ1v) is 9.38. The van der Waals surface area contributed by atoms with Gasteiger partial charge in [0, 0.05) is 40.9 Å². The third kappa shape index (κ3) is 3.72. The van der Waals surface area contributed by atoms with Crippen LogP contribution in [0.3, 0.4) is 0 Å². The molecule has 0 bridgehead atoms. The van der Waals surface area contributed by atoms with Gasteiger partial charge in [-0.15, -0.1) is 11.3 Å². The minimum Gasteiger partial charge on any atom is -0.330 e. The fourth-order valence-electron chi connectivity index (χ4n) is 2.68. The summed E-state index contributed by atoms with van der Waals surface area (Å²) in [6.45, 7) is 0.597. The van der Waals surface area contributed by atoms with E-state index in [0.717, 1.165) is 29.0 Å². The van der Waals surface area contributed by atoms with Crippen LogP contribution in [0.25, 0.3) is 10.6 Å². The summed E-state index contributed by atoms with van der Waals surface area (Å²) in [4.78, 5) is 23.5. The van der Waals surface area contributed by atoms with Crippen molar-refractivity contribution >= 4 is 28.8 Å². The second-order valence-corrected chi connectivity index (χ2v) is 7.36. The Hall–Kier alpha value is -2.24. The lowest BCUT2D eigenvalue weighted by Gasteiger charge is -2.21. The molecule has 0 N–H and O–H groups in total. The Morgan fingerprint density at radius 3 is 2.56 bits per heavy atom. The largest absolute Gasteiger partial charge is 0.330 e. The van der Waals surface area contributed by atoms with E-state index < -0.39 is 0 Å². The molecule has 1 aliphatic carbocycles. The Balaban J connectivity index is 1.55.